The summed E-state index contributed by atoms with van der Waals surface area (Å²) in [5.74, 6) is -0.827. The Balaban J connectivity index is 0.678. The summed E-state index contributed by atoms with van der Waals surface area (Å²) < 4.78 is 30.1. The van der Waals surface area contributed by atoms with Crippen LogP contribution < -0.4 is 20.3 Å². The first-order chi connectivity index (χ1) is 41.2. The molecular formula is C65H81ClFN11O7S. The molecule has 86 heavy (non-hydrogen) atoms. The number of carbonyl (C=O) groups excluding carboxylic acids is 3. The number of rotatable bonds is 20. The van der Waals surface area contributed by atoms with Crippen LogP contribution in [-0.4, -0.2) is 196 Å². The lowest BCUT2D eigenvalue weighted by Gasteiger charge is -2.37. The number of halogens is 2. The van der Waals surface area contributed by atoms with Gasteiger partial charge in [0, 0.05) is 114 Å². The first kappa shape index (κ1) is 62.3. The number of nitrogens with one attached hydrogen (secondary N) is 2. The molecule has 10 rings (SSSR count). The minimum absolute atomic E-state index is 0.0206. The maximum absolute atomic E-state index is 17.2. The second kappa shape index (κ2) is 27.1. The van der Waals surface area contributed by atoms with E-state index in [4.69, 9.17) is 31.0 Å². The zero-order chi connectivity index (χ0) is 61.0. The number of β-amino-alcohol motifs (C(OH)–C–C–N with tert-alkyl or cyclic N) is 1. The largest absolute Gasteiger partial charge is 0.508 e. The predicted molar refractivity (Wildman–Crippen MR) is 337 cm³/mol. The minimum atomic E-state index is -0.812. The van der Waals surface area contributed by atoms with Gasteiger partial charge < -0.3 is 45.0 Å². The zero-order valence-electron chi connectivity index (χ0n) is 50.2. The smallest absolute Gasteiger partial charge is 0.319 e. The van der Waals surface area contributed by atoms with E-state index in [0.717, 1.165) is 78.0 Å². The number of fused-ring (bicyclic) bond motifs is 2. The van der Waals surface area contributed by atoms with Crippen molar-refractivity contribution >= 4 is 68.2 Å². The van der Waals surface area contributed by atoms with Crippen LogP contribution in [0.3, 0.4) is 0 Å². The fraction of sp³-hybridized carbons (Fsp3) is 0.477. The maximum atomic E-state index is 17.2. The van der Waals surface area contributed by atoms with Crippen LogP contribution in [0.15, 0.2) is 97.2 Å². The predicted octanol–water partition coefficient (Wildman–Crippen LogP) is 8.44. The van der Waals surface area contributed by atoms with Crippen LogP contribution in [0.1, 0.15) is 71.2 Å². The lowest BCUT2D eigenvalue weighted by molar-refractivity contribution is -0.140. The molecule has 6 aromatic rings. The normalized spacial score (nSPS) is 19.6. The minimum Gasteiger partial charge on any atom is -0.508 e. The Bertz CT molecular complexity index is 3430. The molecule has 4 saturated heterocycles. The van der Waals surface area contributed by atoms with Crippen molar-refractivity contribution in [1.82, 2.24) is 50.1 Å². The number of anilines is 1. The number of phenolic OH excluding ortho intramolecular Hbond substituents is 1. The molecule has 0 aliphatic carbocycles. The van der Waals surface area contributed by atoms with Crippen LogP contribution in [0.5, 0.6) is 11.8 Å². The van der Waals surface area contributed by atoms with E-state index in [1.807, 2.05) is 69.3 Å². The number of aryl methyl sites for hydroxylation is 1. The van der Waals surface area contributed by atoms with Crippen molar-refractivity contribution in [2.75, 3.05) is 103 Å². The number of likely N-dealkylation sites (tertiary alicyclic amines) is 2. The summed E-state index contributed by atoms with van der Waals surface area (Å²) in [4.78, 5) is 68.0. The number of aromatic nitrogens is 3. The summed E-state index contributed by atoms with van der Waals surface area (Å²) in [5.41, 5.74) is 5.67. The first-order valence-electron chi connectivity index (χ1n) is 30.0. The SMILES string of the molecule is C=CC(=O)N1CCN(c2nc(O[C@H](C)CN3CCN(CCOC4CCN(CC(=O)N[C@H](C(=O)N5C[C@H](O)C[C@H]5C(=C)N[C@@H](C)c5ccc(-c6scnc6C)cc5)C(C)(C)C)CC4)CC3)nc3c(F)c(-c4cc(O)cc5ccccc45)c(Cl)cc23)CC1. The number of aliphatic hydroxyl groups is 1. The summed E-state index contributed by atoms with van der Waals surface area (Å²) >= 11 is 8.58. The molecule has 0 unspecified atom stereocenters. The fourth-order valence-electron chi connectivity index (χ4n) is 12.4. The van der Waals surface area contributed by atoms with E-state index in [0.29, 0.717) is 81.3 Å². The van der Waals surface area contributed by atoms with Gasteiger partial charge in [-0.05, 0) is 90.8 Å². The van der Waals surface area contributed by atoms with Gasteiger partial charge in [-0.1, -0.05) is 94.1 Å². The highest BCUT2D eigenvalue weighted by molar-refractivity contribution is 7.13. The third-order valence-corrected chi connectivity index (χ3v) is 18.5. The van der Waals surface area contributed by atoms with Gasteiger partial charge in [0.25, 0.3) is 0 Å². The van der Waals surface area contributed by atoms with E-state index in [1.54, 1.807) is 33.3 Å². The Labute approximate surface area is 512 Å². The van der Waals surface area contributed by atoms with E-state index in [2.05, 4.69) is 74.7 Å². The van der Waals surface area contributed by atoms with Crippen LogP contribution in [0.4, 0.5) is 10.2 Å². The van der Waals surface area contributed by atoms with Crippen LogP contribution >= 0.6 is 22.9 Å². The molecular weight excluding hydrogens is 1130 g/mol. The van der Waals surface area contributed by atoms with Crippen LogP contribution in [0.2, 0.25) is 5.02 Å². The van der Waals surface area contributed by atoms with Crippen molar-refractivity contribution in [2.45, 2.75) is 97.2 Å². The molecule has 2 aromatic heterocycles. The highest BCUT2D eigenvalue weighted by atomic mass is 35.5. The topological polar surface area (TPSA) is 192 Å². The fourth-order valence-corrected chi connectivity index (χ4v) is 13.5. The van der Waals surface area contributed by atoms with Crippen molar-refractivity contribution in [3.63, 3.8) is 0 Å². The molecule has 5 atom stereocenters. The number of piperidine rings is 1. The molecule has 3 amide bonds. The summed E-state index contributed by atoms with van der Waals surface area (Å²) in [6.07, 6.45) is 2.27. The van der Waals surface area contributed by atoms with E-state index in [9.17, 15) is 24.6 Å². The number of phenols is 1. The van der Waals surface area contributed by atoms with Crippen molar-refractivity contribution < 1.29 is 38.5 Å². The quantitative estimate of drug-likeness (QED) is 0.0532. The van der Waals surface area contributed by atoms with Gasteiger partial charge in [0.15, 0.2) is 5.82 Å². The molecule has 18 nitrogen and oxygen atoms in total. The number of nitrogens with zero attached hydrogens (tertiary/aromatic N) is 9. The number of thiazole rings is 1. The van der Waals surface area contributed by atoms with Crippen molar-refractivity contribution in [3.8, 4) is 33.3 Å². The average molecular weight is 1210 g/mol. The maximum Gasteiger partial charge on any atom is 0.319 e. The summed E-state index contributed by atoms with van der Waals surface area (Å²) in [7, 11) is 0. The van der Waals surface area contributed by atoms with Crippen molar-refractivity contribution in [2.24, 2.45) is 5.41 Å². The molecule has 4 aromatic carbocycles. The van der Waals surface area contributed by atoms with Gasteiger partial charge in [0.05, 0.1) is 52.5 Å². The summed E-state index contributed by atoms with van der Waals surface area (Å²) in [5, 5.41) is 30.2. The summed E-state index contributed by atoms with van der Waals surface area (Å²) in [6.45, 7) is 28.6. The third kappa shape index (κ3) is 14.4. The number of piperazine rings is 2. The molecule has 0 radical (unpaired) electrons. The van der Waals surface area contributed by atoms with Gasteiger partial charge in [0.2, 0.25) is 17.7 Å². The second-order valence-electron chi connectivity index (χ2n) is 24.5. The van der Waals surface area contributed by atoms with Crippen LogP contribution in [-0.2, 0) is 19.1 Å². The Morgan fingerprint density at radius 1 is 0.907 bits per heavy atom. The Morgan fingerprint density at radius 3 is 2.30 bits per heavy atom. The van der Waals surface area contributed by atoms with Gasteiger partial charge >= 0.3 is 6.01 Å². The van der Waals surface area contributed by atoms with Gasteiger partial charge in [-0.3, -0.25) is 29.1 Å². The van der Waals surface area contributed by atoms with Crippen molar-refractivity contribution in [3.05, 3.63) is 119 Å². The number of amides is 3. The molecule has 4 aliphatic rings. The number of benzene rings is 4. The molecule has 4 fully saturated rings. The van der Waals surface area contributed by atoms with E-state index in [-0.39, 0.29) is 76.9 Å². The Kier molecular flexibility index (Phi) is 19.6. The molecule has 0 bridgehead atoms. The number of aromatic hydroxyl groups is 1. The van der Waals surface area contributed by atoms with Gasteiger partial charge in [-0.2, -0.15) is 9.97 Å². The molecule has 0 saturated carbocycles. The lowest BCUT2D eigenvalue weighted by Crippen LogP contribution is -2.58. The lowest BCUT2D eigenvalue weighted by atomic mass is 9.85. The van der Waals surface area contributed by atoms with Gasteiger partial charge in [0.1, 0.15) is 29.2 Å². The number of hydrogen-bond donors (Lipinski definition) is 4. The molecule has 6 heterocycles. The molecule has 458 valence electrons. The van der Waals surface area contributed by atoms with E-state index >= 15 is 4.39 Å². The van der Waals surface area contributed by atoms with Gasteiger partial charge in [-0.25, -0.2) is 9.37 Å². The number of aliphatic hydroxyl groups excluding tert-OH is 1. The zero-order valence-corrected chi connectivity index (χ0v) is 51.8. The van der Waals surface area contributed by atoms with E-state index < -0.39 is 29.4 Å². The average Bonchev–Trinajstić information content (AvgIpc) is 1.05. The first-order valence-corrected chi connectivity index (χ1v) is 31.2. The molecule has 0 spiro atoms. The van der Waals surface area contributed by atoms with Gasteiger partial charge in [-0.15, -0.1) is 11.3 Å². The molecule has 4 N–H and O–H groups in total. The number of hydrogen-bond acceptors (Lipinski definition) is 16. The number of carbonyl (C=O) groups is 3. The van der Waals surface area contributed by atoms with E-state index in [1.165, 1.54) is 12.1 Å². The standard InChI is InChI=1S/C65H81ClFN11O7S/c1-9-56(82)76-26-28-77(29-27-76)62-52-35-53(66)57(51-33-47(79)32-46-12-10-11-13-50(46)51)58(67)59(52)71-64(72-62)85-40(2)36-75-24-22-73(23-25-75)30-31-84-49-18-20-74(21-19-49)38-55(81)70-61(65(6,7)8)63(83)78-37-48(80)34-54(78)42(4)69-41(3)44-14-16-45(17-15-44)60-43(5)68-39-86-60/h9-17,32-33,35,39-41,48-49,54,61,69,79-80H,1,4,18-31,34,36-38H2,2-3,5-8H3,(H,70,81)/t40-,41+,48-,54+,61-/m1/s1. The second-order valence-corrected chi connectivity index (χ2v) is 25.7. The highest BCUT2D eigenvalue weighted by Crippen LogP contribution is 2.43. The van der Waals surface area contributed by atoms with Crippen LogP contribution in [0.25, 0.3) is 43.2 Å². The Hall–Kier alpha value is -6.78. The monoisotopic (exact) mass is 1210 g/mol. The third-order valence-electron chi connectivity index (χ3n) is 17.2. The molecule has 4 aliphatic heterocycles. The Morgan fingerprint density at radius 2 is 1.62 bits per heavy atom. The van der Waals surface area contributed by atoms with Crippen molar-refractivity contribution in [1.29, 1.82) is 0 Å². The summed E-state index contributed by atoms with van der Waals surface area (Å²) in [6, 6.07) is 19.3. The number of ether oxygens (including phenoxy) is 2. The highest BCUT2D eigenvalue weighted by Gasteiger charge is 2.43. The van der Waals surface area contributed by atoms with Crippen LogP contribution in [0, 0.1) is 18.2 Å². The molecule has 21 heteroatoms.